The number of rotatable bonds is 6. The van der Waals surface area contributed by atoms with Gasteiger partial charge in [-0.1, -0.05) is 23.7 Å². The minimum Gasteiger partial charge on any atom is -0.307 e. The predicted octanol–water partition coefficient (Wildman–Crippen LogP) is 3.76. The number of hydrogen-bond donors (Lipinski definition) is 1. The maximum atomic E-state index is 14.3. The molecule has 1 saturated heterocycles. The van der Waals surface area contributed by atoms with Gasteiger partial charge in [-0.3, -0.25) is 4.79 Å². The summed E-state index contributed by atoms with van der Waals surface area (Å²) in [5.74, 6) is -1.01. The van der Waals surface area contributed by atoms with Crippen LogP contribution in [0, 0.1) is 5.82 Å². The van der Waals surface area contributed by atoms with E-state index in [-0.39, 0.29) is 5.56 Å². The highest BCUT2D eigenvalue weighted by Crippen LogP contribution is 2.24. The van der Waals surface area contributed by atoms with Crippen molar-refractivity contribution in [2.24, 2.45) is 0 Å². The fraction of sp³-hybridized carbons (Fsp3) is 0.238. The summed E-state index contributed by atoms with van der Waals surface area (Å²) in [6.45, 7) is 1.10. The van der Waals surface area contributed by atoms with Crippen molar-refractivity contribution in [3.05, 3.63) is 76.7 Å². The largest absolute Gasteiger partial charge is 0.307 e. The van der Waals surface area contributed by atoms with E-state index in [9.17, 15) is 17.6 Å². The maximum absolute atomic E-state index is 14.3. The molecule has 1 aromatic heterocycles. The quantitative estimate of drug-likeness (QED) is 0.604. The Bertz CT molecular complexity index is 1210. The first-order valence-electron chi connectivity index (χ1n) is 9.72. The molecule has 1 amide bonds. The number of sulfonamides is 1. The summed E-state index contributed by atoms with van der Waals surface area (Å²) in [6, 6.07) is 12.2. The Morgan fingerprint density at radius 3 is 2.52 bits per heavy atom. The molecule has 10 heteroatoms. The Morgan fingerprint density at radius 1 is 1.10 bits per heavy atom. The van der Waals surface area contributed by atoms with E-state index in [0.29, 0.717) is 30.5 Å². The Balaban J connectivity index is 1.55. The fourth-order valence-corrected chi connectivity index (χ4v) is 5.16. The van der Waals surface area contributed by atoms with Crippen LogP contribution in [0.25, 0.3) is 0 Å². The highest BCUT2D eigenvalue weighted by atomic mass is 35.5. The Morgan fingerprint density at radius 2 is 1.81 bits per heavy atom. The number of amides is 1. The number of carbonyl (C=O) groups is 1. The third-order valence-corrected chi connectivity index (χ3v) is 7.25. The molecule has 0 spiro atoms. The summed E-state index contributed by atoms with van der Waals surface area (Å²) in [7, 11) is -3.99. The van der Waals surface area contributed by atoms with E-state index >= 15 is 0 Å². The van der Waals surface area contributed by atoms with Gasteiger partial charge in [-0.15, -0.1) is 0 Å². The normalized spacial score (nSPS) is 14.6. The first-order chi connectivity index (χ1) is 14.8. The van der Waals surface area contributed by atoms with Crippen molar-refractivity contribution in [3.63, 3.8) is 0 Å². The van der Waals surface area contributed by atoms with Crippen LogP contribution in [-0.4, -0.2) is 41.5 Å². The van der Waals surface area contributed by atoms with Crippen molar-refractivity contribution in [2.75, 3.05) is 18.4 Å². The Hall–Kier alpha value is -2.75. The van der Waals surface area contributed by atoms with Gasteiger partial charge >= 0.3 is 0 Å². The van der Waals surface area contributed by atoms with E-state index in [1.54, 1.807) is 29.1 Å². The molecule has 1 fully saturated rings. The van der Waals surface area contributed by atoms with E-state index in [1.807, 2.05) is 12.1 Å². The first-order valence-corrected chi connectivity index (χ1v) is 11.5. The second kappa shape index (κ2) is 8.78. The number of hydrogen-bond acceptors (Lipinski definition) is 4. The lowest BCUT2D eigenvalue weighted by Crippen LogP contribution is -2.29. The molecular weight excluding hydrogens is 443 g/mol. The summed E-state index contributed by atoms with van der Waals surface area (Å²) < 4.78 is 42.7. The Labute approximate surface area is 184 Å². The van der Waals surface area contributed by atoms with Crippen LogP contribution in [0.15, 0.2) is 59.6 Å². The summed E-state index contributed by atoms with van der Waals surface area (Å²) in [4.78, 5) is 12.3. The number of carbonyl (C=O) groups excluding carboxylic acids is 1. The molecule has 162 valence electrons. The number of nitrogens with one attached hydrogen (secondary N) is 1. The SMILES string of the molecule is O=C(Nc1ccnn1Cc1ccc(Cl)cc1)c1ccc(F)c(S(=O)(=O)N2CCCC2)c1. The van der Waals surface area contributed by atoms with Crippen LogP contribution in [0.5, 0.6) is 0 Å². The van der Waals surface area contributed by atoms with Gasteiger partial charge in [-0.25, -0.2) is 17.5 Å². The number of benzene rings is 2. The summed E-state index contributed by atoms with van der Waals surface area (Å²) >= 11 is 5.91. The van der Waals surface area contributed by atoms with E-state index in [2.05, 4.69) is 10.4 Å². The van der Waals surface area contributed by atoms with Gasteiger partial charge in [0.05, 0.1) is 12.7 Å². The van der Waals surface area contributed by atoms with Gasteiger partial charge in [0.25, 0.3) is 5.91 Å². The average Bonchev–Trinajstić information content (AvgIpc) is 3.43. The molecule has 0 unspecified atom stereocenters. The first kappa shape index (κ1) is 21.5. The molecule has 3 aromatic rings. The number of aromatic nitrogens is 2. The lowest BCUT2D eigenvalue weighted by atomic mass is 10.2. The van der Waals surface area contributed by atoms with Gasteiger partial charge in [0.15, 0.2) is 0 Å². The zero-order chi connectivity index (χ0) is 22.0. The third-order valence-electron chi connectivity index (χ3n) is 5.08. The van der Waals surface area contributed by atoms with E-state index in [1.165, 1.54) is 10.4 Å². The van der Waals surface area contributed by atoms with Crippen molar-refractivity contribution in [3.8, 4) is 0 Å². The van der Waals surface area contributed by atoms with Gasteiger partial charge in [0.1, 0.15) is 16.5 Å². The zero-order valence-electron chi connectivity index (χ0n) is 16.5. The smallest absolute Gasteiger partial charge is 0.256 e. The van der Waals surface area contributed by atoms with Gasteiger partial charge in [-0.05, 0) is 48.7 Å². The molecule has 2 heterocycles. The number of halogens is 2. The topological polar surface area (TPSA) is 84.3 Å². The lowest BCUT2D eigenvalue weighted by molar-refractivity contribution is 0.102. The monoisotopic (exact) mass is 462 g/mol. The summed E-state index contributed by atoms with van der Waals surface area (Å²) in [6.07, 6.45) is 3.01. The van der Waals surface area contributed by atoms with E-state index < -0.39 is 26.6 Å². The van der Waals surface area contributed by atoms with Crippen LogP contribution in [-0.2, 0) is 16.6 Å². The molecule has 1 aliphatic heterocycles. The van der Waals surface area contributed by atoms with Gasteiger partial charge < -0.3 is 5.32 Å². The van der Waals surface area contributed by atoms with Gasteiger partial charge in [-0.2, -0.15) is 9.40 Å². The highest BCUT2D eigenvalue weighted by molar-refractivity contribution is 7.89. The van der Waals surface area contributed by atoms with Crippen molar-refractivity contribution in [2.45, 2.75) is 24.3 Å². The summed E-state index contributed by atoms with van der Waals surface area (Å²) in [5.41, 5.74) is 0.975. The average molecular weight is 463 g/mol. The van der Waals surface area contributed by atoms with E-state index in [0.717, 1.165) is 30.5 Å². The van der Waals surface area contributed by atoms with Crippen molar-refractivity contribution in [1.29, 1.82) is 0 Å². The van der Waals surface area contributed by atoms with Gasteiger partial charge in [0.2, 0.25) is 10.0 Å². The minimum absolute atomic E-state index is 0.0402. The predicted molar refractivity (Wildman–Crippen MR) is 115 cm³/mol. The number of anilines is 1. The fourth-order valence-electron chi connectivity index (χ4n) is 3.43. The molecule has 1 aliphatic rings. The van der Waals surface area contributed by atoms with Crippen LogP contribution in [0.2, 0.25) is 5.02 Å². The van der Waals surface area contributed by atoms with E-state index in [4.69, 9.17) is 11.6 Å². The second-order valence-electron chi connectivity index (χ2n) is 7.21. The molecule has 0 bridgehead atoms. The molecule has 0 saturated carbocycles. The standard InChI is InChI=1S/C21H20ClFN4O3S/c22-17-6-3-15(4-7-17)14-27-20(9-10-24-27)25-21(28)16-5-8-18(23)19(13-16)31(29,30)26-11-1-2-12-26/h3-10,13H,1-2,11-12,14H2,(H,25,28). The highest BCUT2D eigenvalue weighted by Gasteiger charge is 2.30. The van der Waals surface area contributed by atoms with Crippen LogP contribution in [0.4, 0.5) is 10.2 Å². The van der Waals surface area contributed by atoms with Crippen LogP contribution in [0.1, 0.15) is 28.8 Å². The molecule has 0 aliphatic carbocycles. The van der Waals surface area contributed by atoms with Crippen molar-refractivity contribution < 1.29 is 17.6 Å². The van der Waals surface area contributed by atoms with Crippen molar-refractivity contribution in [1.82, 2.24) is 14.1 Å². The maximum Gasteiger partial charge on any atom is 0.256 e. The molecule has 1 N–H and O–H groups in total. The molecular formula is C21H20ClFN4O3S. The van der Waals surface area contributed by atoms with Gasteiger partial charge in [0, 0.05) is 29.7 Å². The van der Waals surface area contributed by atoms with Crippen LogP contribution in [0.3, 0.4) is 0 Å². The third kappa shape index (κ3) is 4.63. The molecule has 0 radical (unpaired) electrons. The second-order valence-corrected chi connectivity index (χ2v) is 9.55. The molecule has 31 heavy (non-hydrogen) atoms. The zero-order valence-corrected chi connectivity index (χ0v) is 18.0. The number of nitrogens with zero attached hydrogens (tertiary/aromatic N) is 3. The molecule has 2 aromatic carbocycles. The van der Waals surface area contributed by atoms with Crippen LogP contribution >= 0.6 is 11.6 Å². The Kier molecular flexibility index (Phi) is 6.08. The van der Waals surface area contributed by atoms with Crippen LogP contribution < -0.4 is 5.32 Å². The molecule has 0 atom stereocenters. The molecule has 7 nitrogen and oxygen atoms in total. The lowest BCUT2D eigenvalue weighted by Gasteiger charge is -2.16. The molecule has 4 rings (SSSR count). The minimum atomic E-state index is -3.99. The van der Waals surface area contributed by atoms with Crippen molar-refractivity contribution >= 4 is 33.3 Å². The summed E-state index contributed by atoms with van der Waals surface area (Å²) in [5, 5.41) is 7.54.